The van der Waals surface area contributed by atoms with Crippen molar-refractivity contribution in [1.82, 2.24) is 4.57 Å². The van der Waals surface area contributed by atoms with E-state index in [-0.39, 0.29) is 18.1 Å². The van der Waals surface area contributed by atoms with E-state index in [0.29, 0.717) is 16.5 Å². The summed E-state index contributed by atoms with van der Waals surface area (Å²) in [5.74, 6) is -2.86. The summed E-state index contributed by atoms with van der Waals surface area (Å²) in [5.41, 5.74) is 1.28. The molecule has 0 aliphatic carbocycles. The number of amides is 1. The molecule has 0 fully saturated rings. The number of methoxy groups -OCH3 is 1. The maximum atomic E-state index is 13.4. The first-order chi connectivity index (χ1) is 12.4. The fourth-order valence-electron chi connectivity index (χ4n) is 2.74. The highest BCUT2D eigenvalue weighted by Gasteiger charge is 2.19. The van der Waals surface area contributed by atoms with E-state index in [1.54, 1.807) is 35.0 Å². The topological polar surface area (TPSA) is 51.5 Å². The number of fused-ring (bicyclic) bond motifs is 1. The van der Waals surface area contributed by atoms with Crippen molar-refractivity contribution in [3.05, 3.63) is 65.9 Å². The number of esters is 1. The maximum absolute atomic E-state index is 13.4. The van der Waals surface area contributed by atoms with Gasteiger partial charge >= 0.3 is 5.97 Å². The molecule has 0 aliphatic heterocycles. The molecule has 0 N–H and O–H groups in total. The predicted octanol–water partition coefficient (Wildman–Crippen LogP) is 3.37. The van der Waals surface area contributed by atoms with Crippen LogP contribution >= 0.6 is 0 Å². The highest BCUT2D eigenvalue weighted by molar-refractivity contribution is 6.05. The summed E-state index contributed by atoms with van der Waals surface area (Å²) in [4.78, 5) is 25.7. The minimum atomic E-state index is -1.03. The molecule has 1 amide bonds. The Hall–Kier alpha value is -3.22. The molecule has 1 heterocycles. The molecule has 2 aromatic carbocycles. The van der Waals surface area contributed by atoms with Crippen molar-refractivity contribution in [2.75, 3.05) is 19.1 Å². The number of benzene rings is 2. The second-order valence-electron chi connectivity index (χ2n) is 5.73. The molecule has 7 heteroatoms. The molecule has 5 nitrogen and oxygen atoms in total. The Morgan fingerprint density at radius 1 is 1.12 bits per heavy atom. The van der Waals surface area contributed by atoms with Crippen molar-refractivity contribution in [2.45, 2.75) is 6.54 Å². The van der Waals surface area contributed by atoms with Crippen molar-refractivity contribution in [1.29, 1.82) is 0 Å². The van der Waals surface area contributed by atoms with Gasteiger partial charge in [0.25, 0.3) is 0 Å². The quantitative estimate of drug-likeness (QED) is 0.672. The first-order valence-electron chi connectivity index (χ1n) is 7.80. The van der Waals surface area contributed by atoms with Gasteiger partial charge < -0.3 is 14.2 Å². The SMILES string of the molecule is COC(=O)c1cn(CC(=O)N(C)c2ccc(F)c(F)c2)c2ccccc12. The van der Waals surface area contributed by atoms with Crippen LogP contribution in [0, 0.1) is 11.6 Å². The Labute approximate surface area is 148 Å². The molecular weight excluding hydrogens is 342 g/mol. The lowest BCUT2D eigenvalue weighted by atomic mass is 10.2. The summed E-state index contributed by atoms with van der Waals surface area (Å²) >= 11 is 0. The zero-order valence-electron chi connectivity index (χ0n) is 14.2. The van der Waals surface area contributed by atoms with Crippen LogP contribution < -0.4 is 4.90 Å². The van der Waals surface area contributed by atoms with Crippen LogP contribution in [0.4, 0.5) is 14.5 Å². The number of aromatic nitrogens is 1. The van der Waals surface area contributed by atoms with Gasteiger partial charge in [-0.2, -0.15) is 0 Å². The minimum absolute atomic E-state index is 0.0764. The van der Waals surface area contributed by atoms with Crippen LogP contribution in [0.25, 0.3) is 10.9 Å². The van der Waals surface area contributed by atoms with Crippen molar-refractivity contribution in [2.24, 2.45) is 0 Å². The summed E-state index contributed by atoms with van der Waals surface area (Å²) in [6.45, 7) is -0.0764. The minimum Gasteiger partial charge on any atom is -0.465 e. The first-order valence-corrected chi connectivity index (χ1v) is 7.80. The lowest BCUT2D eigenvalue weighted by Gasteiger charge is -2.18. The zero-order valence-corrected chi connectivity index (χ0v) is 14.2. The number of rotatable bonds is 4. The number of carbonyl (C=O) groups excluding carboxylic acids is 2. The monoisotopic (exact) mass is 358 g/mol. The van der Waals surface area contributed by atoms with Crippen LogP contribution in [0.1, 0.15) is 10.4 Å². The molecule has 0 spiro atoms. The molecule has 1 aromatic heterocycles. The standard InChI is InChI=1S/C19H16F2N2O3/c1-22(12-7-8-15(20)16(21)9-12)18(24)11-23-10-14(19(25)26-2)13-5-3-4-6-17(13)23/h3-10H,11H2,1-2H3. The lowest BCUT2D eigenvalue weighted by molar-refractivity contribution is -0.118. The number of nitrogens with zero attached hydrogens (tertiary/aromatic N) is 2. The van der Waals surface area contributed by atoms with Crippen LogP contribution in [0.2, 0.25) is 0 Å². The molecule has 26 heavy (non-hydrogen) atoms. The van der Waals surface area contributed by atoms with E-state index < -0.39 is 17.6 Å². The Bertz CT molecular complexity index is 998. The van der Waals surface area contributed by atoms with E-state index in [1.165, 1.54) is 25.1 Å². The number of halogens is 2. The number of carbonyl (C=O) groups is 2. The van der Waals surface area contributed by atoms with E-state index in [4.69, 9.17) is 4.74 Å². The van der Waals surface area contributed by atoms with Gasteiger partial charge in [0, 0.05) is 35.9 Å². The highest BCUT2D eigenvalue weighted by atomic mass is 19.2. The number of para-hydroxylation sites is 1. The fraction of sp³-hybridized carbons (Fsp3) is 0.158. The average Bonchev–Trinajstić information content (AvgIpc) is 3.01. The highest BCUT2D eigenvalue weighted by Crippen LogP contribution is 2.23. The van der Waals surface area contributed by atoms with Crippen molar-refractivity contribution in [3.8, 4) is 0 Å². The van der Waals surface area contributed by atoms with Gasteiger partial charge in [0.05, 0.1) is 12.7 Å². The van der Waals surface area contributed by atoms with Gasteiger partial charge in [0.15, 0.2) is 11.6 Å². The number of hydrogen-bond donors (Lipinski definition) is 0. The van der Waals surface area contributed by atoms with Gasteiger partial charge in [-0.1, -0.05) is 18.2 Å². The number of ether oxygens (including phenoxy) is 1. The normalized spacial score (nSPS) is 10.8. The number of anilines is 1. The first kappa shape index (κ1) is 17.6. The van der Waals surface area contributed by atoms with E-state index in [1.807, 2.05) is 0 Å². The van der Waals surface area contributed by atoms with Crippen LogP contribution in [-0.4, -0.2) is 30.6 Å². The summed E-state index contributed by atoms with van der Waals surface area (Å²) in [5, 5.41) is 0.669. The molecule has 0 saturated carbocycles. The summed E-state index contributed by atoms with van der Waals surface area (Å²) in [6, 6.07) is 10.4. The Kier molecular flexibility index (Phi) is 4.71. The van der Waals surface area contributed by atoms with Gasteiger partial charge in [-0.05, 0) is 18.2 Å². The van der Waals surface area contributed by atoms with Crippen molar-refractivity contribution < 1.29 is 23.1 Å². The largest absolute Gasteiger partial charge is 0.465 e. The molecule has 0 bridgehead atoms. The van der Waals surface area contributed by atoms with Crippen LogP contribution in [-0.2, 0) is 16.1 Å². The van der Waals surface area contributed by atoms with E-state index in [0.717, 1.165) is 12.1 Å². The van der Waals surface area contributed by atoms with E-state index in [2.05, 4.69) is 0 Å². The molecule has 3 rings (SSSR count). The predicted molar refractivity (Wildman–Crippen MR) is 93.0 cm³/mol. The molecular formula is C19H16F2N2O3. The third-order valence-electron chi connectivity index (χ3n) is 4.16. The zero-order chi connectivity index (χ0) is 18.8. The molecule has 0 atom stereocenters. The van der Waals surface area contributed by atoms with E-state index >= 15 is 0 Å². The average molecular weight is 358 g/mol. The lowest BCUT2D eigenvalue weighted by Crippen LogP contribution is -2.30. The summed E-state index contributed by atoms with van der Waals surface area (Å²) in [7, 11) is 2.76. The molecule has 3 aromatic rings. The van der Waals surface area contributed by atoms with Crippen LogP contribution in [0.5, 0.6) is 0 Å². The smallest absolute Gasteiger partial charge is 0.340 e. The fourth-order valence-corrected chi connectivity index (χ4v) is 2.74. The van der Waals surface area contributed by atoms with E-state index in [9.17, 15) is 18.4 Å². The van der Waals surface area contributed by atoms with Crippen LogP contribution in [0.15, 0.2) is 48.7 Å². The van der Waals surface area contributed by atoms with Crippen molar-refractivity contribution >= 4 is 28.5 Å². The number of hydrogen-bond acceptors (Lipinski definition) is 3. The van der Waals surface area contributed by atoms with Gasteiger partial charge in [0.1, 0.15) is 6.54 Å². The summed E-state index contributed by atoms with van der Waals surface area (Å²) < 4.78 is 32.9. The molecule has 134 valence electrons. The van der Waals surface area contributed by atoms with Gasteiger partial charge in [-0.25, -0.2) is 13.6 Å². The number of likely N-dealkylation sites (N-methyl/N-ethyl adjacent to an activating group) is 1. The van der Waals surface area contributed by atoms with Gasteiger partial charge in [-0.3, -0.25) is 4.79 Å². The van der Waals surface area contributed by atoms with Crippen LogP contribution in [0.3, 0.4) is 0 Å². The van der Waals surface area contributed by atoms with Gasteiger partial charge in [0.2, 0.25) is 5.91 Å². The maximum Gasteiger partial charge on any atom is 0.340 e. The third kappa shape index (κ3) is 3.15. The molecule has 0 aliphatic rings. The Balaban J connectivity index is 1.91. The second kappa shape index (κ2) is 6.95. The van der Waals surface area contributed by atoms with Crippen molar-refractivity contribution in [3.63, 3.8) is 0 Å². The Morgan fingerprint density at radius 2 is 1.85 bits per heavy atom. The Morgan fingerprint density at radius 3 is 2.54 bits per heavy atom. The molecule has 0 unspecified atom stereocenters. The van der Waals surface area contributed by atoms with Gasteiger partial charge in [-0.15, -0.1) is 0 Å². The second-order valence-corrected chi connectivity index (χ2v) is 5.73. The molecule has 0 saturated heterocycles. The molecule has 0 radical (unpaired) electrons. The summed E-state index contributed by atoms with van der Waals surface area (Å²) in [6.07, 6.45) is 1.55. The third-order valence-corrected chi connectivity index (χ3v) is 4.16.